The van der Waals surface area contributed by atoms with Crippen molar-refractivity contribution in [3.8, 4) is 0 Å². The third-order valence-corrected chi connectivity index (χ3v) is 3.10. The van der Waals surface area contributed by atoms with E-state index in [1.165, 1.54) is 0 Å². The largest absolute Gasteiger partial charge is 0.378 e. The second-order valence-electron chi connectivity index (χ2n) is 3.91. The van der Waals surface area contributed by atoms with Gasteiger partial charge in [0, 0.05) is 17.1 Å². The Hall–Kier alpha value is -0.900. The van der Waals surface area contributed by atoms with Crippen molar-refractivity contribution in [1.29, 1.82) is 0 Å². The summed E-state index contributed by atoms with van der Waals surface area (Å²) < 4.78 is 5.26. The Morgan fingerprint density at radius 3 is 3.00 bits per heavy atom. The van der Waals surface area contributed by atoms with Crippen LogP contribution < -0.4 is 5.32 Å². The molecule has 1 atom stereocenters. The molecule has 0 radical (unpaired) electrons. The molecule has 4 heteroatoms. The van der Waals surface area contributed by atoms with Crippen LogP contribution in [0.25, 0.3) is 0 Å². The van der Waals surface area contributed by atoms with Gasteiger partial charge in [-0.25, -0.2) is 0 Å². The van der Waals surface area contributed by atoms with E-state index >= 15 is 0 Å². The topological polar surface area (TPSA) is 38.3 Å². The van der Waals surface area contributed by atoms with Crippen molar-refractivity contribution in [2.75, 3.05) is 19.8 Å². The van der Waals surface area contributed by atoms with Crippen molar-refractivity contribution in [3.63, 3.8) is 0 Å². The van der Waals surface area contributed by atoms with Crippen molar-refractivity contribution in [2.45, 2.75) is 13.0 Å². The quantitative estimate of drug-likeness (QED) is 0.801. The molecule has 86 valence electrons. The minimum Gasteiger partial charge on any atom is -0.378 e. The summed E-state index contributed by atoms with van der Waals surface area (Å²) in [6, 6.07) is 5.14. The highest BCUT2D eigenvalue weighted by Crippen LogP contribution is 2.18. The summed E-state index contributed by atoms with van der Waals surface area (Å²) in [6.45, 7) is 3.73. The lowest BCUT2D eigenvalue weighted by Gasteiger charge is -2.22. The predicted octanol–water partition coefficient (Wildman–Crippen LogP) is 1.82. The summed E-state index contributed by atoms with van der Waals surface area (Å²) in [6.07, 6.45) is 0. The molecule has 1 saturated heterocycles. The van der Waals surface area contributed by atoms with Crippen LogP contribution in [-0.2, 0) is 4.74 Å². The SMILES string of the molecule is Cc1ccc(C(=O)C2COCCN2)cc1Cl. The Balaban J connectivity index is 2.16. The highest BCUT2D eigenvalue weighted by molar-refractivity contribution is 6.31. The molecular formula is C12H14ClNO2. The fraction of sp³-hybridized carbons (Fsp3) is 0.417. The highest BCUT2D eigenvalue weighted by Gasteiger charge is 2.22. The number of ketones is 1. The van der Waals surface area contributed by atoms with Gasteiger partial charge in [0.15, 0.2) is 5.78 Å². The summed E-state index contributed by atoms with van der Waals surface area (Å²) >= 11 is 5.99. The minimum atomic E-state index is -0.243. The molecule has 1 aliphatic heterocycles. The molecule has 3 nitrogen and oxygen atoms in total. The summed E-state index contributed by atoms with van der Waals surface area (Å²) in [5, 5.41) is 3.76. The maximum atomic E-state index is 12.1. The van der Waals surface area contributed by atoms with Gasteiger partial charge in [-0.15, -0.1) is 0 Å². The Kier molecular flexibility index (Phi) is 3.59. The number of Topliss-reactive ketones (excluding diaryl/α,β-unsaturated/α-hetero) is 1. The zero-order chi connectivity index (χ0) is 11.5. The molecule has 1 heterocycles. The lowest BCUT2D eigenvalue weighted by molar-refractivity contribution is 0.0607. The number of carbonyl (C=O) groups is 1. The number of benzene rings is 1. The molecule has 1 unspecified atom stereocenters. The first-order chi connectivity index (χ1) is 7.68. The van der Waals surface area contributed by atoms with Gasteiger partial charge in [-0.1, -0.05) is 23.7 Å². The molecule has 1 aromatic rings. The second-order valence-corrected chi connectivity index (χ2v) is 4.32. The molecule has 0 aliphatic carbocycles. The number of ether oxygens (including phenoxy) is 1. The molecule has 0 amide bonds. The van der Waals surface area contributed by atoms with E-state index in [1.807, 2.05) is 13.0 Å². The Labute approximate surface area is 99.7 Å². The molecular weight excluding hydrogens is 226 g/mol. The first kappa shape index (κ1) is 11.6. The lowest BCUT2D eigenvalue weighted by Crippen LogP contribution is -2.46. The van der Waals surface area contributed by atoms with E-state index in [4.69, 9.17) is 16.3 Å². The van der Waals surface area contributed by atoms with E-state index in [2.05, 4.69) is 5.32 Å². The Bertz CT molecular complexity index is 400. The van der Waals surface area contributed by atoms with Gasteiger partial charge in [0.05, 0.1) is 19.3 Å². The number of carbonyl (C=O) groups excluding carboxylic acids is 1. The van der Waals surface area contributed by atoms with Gasteiger partial charge < -0.3 is 10.1 Å². The van der Waals surface area contributed by atoms with Crippen molar-refractivity contribution in [1.82, 2.24) is 5.32 Å². The van der Waals surface area contributed by atoms with Crippen LogP contribution in [0.5, 0.6) is 0 Å². The van der Waals surface area contributed by atoms with Crippen molar-refractivity contribution < 1.29 is 9.53 Å². The maximum Gasteiger partial charge on any atom is 0.182 e. The number of nitrogens with one attached hydrogen (secondary N) is 1. The third kappa shape index (κ3) is 2.43. The van der Waals surface area contributed by atoms with Crippen LogP contribution in [0.4, 0.5) is 0 Å². The molecule has 1 N–H and O–H groups in total. The van der Waals surface area contributed by atoms with E-state index < -0.39 is 0 Å². The smallest absolute Gasteiger partial charge is 0.182 e. The molecule has 2 rings (SSSR count). The molecule has 1 aliphatic rings. The van der Waals surface area contributed by atoms with Crippen LogP contribution in [0.3, 0.4) is 0 Å². The molecule has 1 aromatic carbocycles. The first-order valence-corrected chi connectivity index (χ1v) is 5.68. The van der Waals surface area contributed by atoms with Crippen molar-refractivity contribution in [2.24, 2.45) is 0 Å². The zero-order valence-corrected chi connectivity index (χ0v) is 9.88. The maximum absolute atomic E-state index is 12.1. The van der Waals surface area contributed by atoms with E-state index in [0.29, 0.717) is 23.8 Å². The summed E-state index contributed by atoms with van der Waals surface area (Å²) in [4.78, 5) is 12.1. The van der Waals surface area contributed by atoms with Gasteiger partial charge >= 0.3 is 0 Å². The minimum absolute atomic E-state index is 0.0431. The van der Waals surface area contributed by atoms with Gasteiger partial charge in [-0.3, -0.25) is 4.79 Å². The number of morpholine rings is 1. The van der Waals surface area contributed by atoms with Crippen molar-refractivity contribution >= 4 is 17.4 Å². The van der Waals surface area contributed by atoms with Crippen LogP contribution in [0.15, 0.2) is 18.2 Å². The van der Waals surface area contributed by atoms with E-state index in [0.717, 1.165) is 12.1 Å². The molecule has 16 heavy (non-hydrogen) atoms. The highest BCUT2D eigenvalue weighted by atomic mass is 35.5. The third-order valence-electron chi connectivity index (χ3n) is 2.69. The van der Waals surface area contributed by atoms with Gasteiger partial charge in [0.1, 0.15) is 0 Å². The summed E-state index contributed by atoms with van der Waals surface area (Å²) in [5.41, 5.74) is 1.62. The average molecular weight is 240 g/mol. The number of halogens is 1. The predicted molar refractivity (Wildman–Crippen MR) is 63.1 cm³/mol. The van der Waals surface area contributed by atoms with E-state index in [-0.39, 0.29) is 11.8 Å². The lowest BCUT2D eigenvalue weighted by atomic mass is 10.0. The van der Waals surface area contributed by atoms with Crippen LogP contribution in [-0.4, -0.2) is 31.6 Å². The molecule has 0 bridgehead atoms. The zero-order valence-electron chi connectivity index (χ0n) is 9.13. The standard InChI is InChI=1S/C12H14ClNO2/c1-8-2-3-9(6-10(8)13)12(15)11-7-16-5-4-14-11/h2-3,6,11,14H,4-5,7H2,1H3. The Morgan fingerprint density at radius 1 is 1.56 bits per heavy atom. The van der Waals surface area contributed by atoms with Gasteiger partial charge in [-0.05, 0) is 18.6 Å². The number of hydrogen-bond acceptors (Lipinski definition) is 3. The van der Waals surface area contributed by atoms with Gasteiger partial charge in [0.25, 0.3) is 0 Å². The summed E-state index contributed by atoms with van der Waals surface area (Å²) in [7, 11) is 0. The average Bonchev–Trinajstić information content (AvgIpc) is 2.33. The summed E-state index contributed by atoms with van der Waals surface area (Å²) in [5.74, 6) is 0.0431. The van der Waals surface area contributed by atoms with Crippen molar-refractivity contribution in [3.05, 3.63) is 34.3 Å². The van der Waals surface area contributed by atoms with E-state index in [1.54, 1.807) is 12.1 Å². The number of rotatable bonds is 2. The van der Waals surface area contributed by atoms with Crippen LogP contribution in [0.1, 0.15) is 15.9 Å². The van der Waals surface area contributed by atoms with Gasteiger partial charge in [-0.2, -0.15) is 0 Å². The molecule has 0 saturated carbocycles. The molecule has 0 aromatic heterocycles. The van der Waals surface area contributed by atoms with Crippen LogP contribution in [0.2, 0.25) is 5.02 Å². The van der Waals surface area contributed by atoms with Crippen LogP contribution in [0, 0.1) is 6.92 Å². The fourth-order valence-corrected chi connectivity index (χ4v) is 1.86. The molecule has 1 fully saturated rings. The number of hydrogen-bond donors (Lipinski definition) is 1. The first-order valence-electron chi connectivity index (χ1n) is 5.30. The monoisotopic (exact) mass is 239 g/mol. The normalized spacial score (nSPS) is 20.8. The van der Waals surface area contributed by atoms with Crippen LogP contribution >= 0.6 is 11.6 Å². The van der Waals surface area contributed by atoms with Gasteiger partial charge in [0.2, 0.25) is 0 Å². The second kappa shape index (κ2) is 4.95. The Morgan fingerprint density at radius 2 is 2.38 bits per heavy atom. The fourth-order valence-electron chi connectivity index (χ4n) is 1.68. The molecule has 0 spiro atoms. The van der Waals surface area contributed by atoms with E-state index in [9.17, 15) is 4.79 Å². The number of aryl methyl sites for hydroxylation is 1.